The van der Waals surface area contributed by atoms with Crippen LogP contribution >= 0.6 is 0 Å². The molecule has 0 fully saturated rings. The lowest BCUT2D eigenvalue weighted by molar-refractivity contribution is 0.356. The lowest BCUT2D eigenvalue weighted by atomic mass is 9.88. The van der Waals surface area contributed by atoms with Crippen molar-refractivity contribution in [3.05, 3.63) is 11.9 Å². The smallest absolute Gasteiger partial charge is 0.203 e. The van der Waals surface area contributed by atoms with Gasteiger partial charge in [-0.1, -0.05) is 20.8 Å². The molecule has 0 aliphatic rings. The van der Waals surface area contributed by atoms with Crippen LogP contribution in [0, 0.1) is 12.3 Å². The molecule has 0 saturated carbocycles. The van der Waals surface area contributed by atoms with E-state index in [1.165, 1.54) is 0 Å². The van der Waals surface area contributed by atoms with E-state index >= 15 is 0 Å². The molecule has 0 aliphatic carbocycles. The van der Waals surface area contributed by atoms with E-state index in [4.69, 9.17) is 0 Å². The number of imidazole rings is 1. The number of hydrogen-bond donors (Lipinski definition) is 1. The van der Waals surface area contributed by atoms with Gasteiger partial charge in [-0.3, -0.25) is 0 Å². The molecule has 0 saturated heterocycles. The molecule has 3 nitrogen and oxygen atoms in total. The van der Waals surface area contributed by atoms with Crippen molar-refractivity contribution in [2.24, 2.45) is 5.41 Å². The van der Waals surface area contributed by atoms with Crippen LogP contribution in [-0.4, -0.2) is 15.6 Å². The first kappa shape index (κ1) is 13.1. The molecule has 1 aromatic heterocycles. The quantitative estimate of drug-likeness (QED) is 0.848. The molecule has 0 bridgehead atoms. The summed E-state index contributed by atoms with van der Waals surface area (Å²) < 4.78 is 2.19. The summed E-state index contributed by atoms with van der Waals surface area (Å²) in [5.74, 6) is 0.981. The summed E-state index contributed by atoms with van der Waals surface area (Å²) in [4.78, 5) is 4.54. The summed E-state index contributed by atoms with van der Waals surface area (Å²) in [6.45, 7) is 15.3. The van der Waals surface area contributed by atoms with Crippen molar-refractivity contribution in [2.45, 2.75) is 60.5 Å². The Bertz CT molecular complexity index is 345. The molecule has 1 aromatic rings. The molecule has 1 heterocycles. The Morgan fingerprint density at radius 3 is 2.25 bits per heavy atom. The van der Waals surface area contributed by atoms with Gasteiger partial charge < -0.3 is 9.88 Å². The molecule has 92 valence electrons. The third-order valence-electron chi connectivity index (χ3n) is 3.05. The maximum atomic E-state index is 4.54. The minimum Gasteiger partial charge on any atom is -0.353 e. The average Bonchev–Trinajstić information content (AvgIpc) is 2.45. The summed E-state index contributed by atoms with van der Waals surface area (Å²) in [6, 6.07) is 0.836. The van der Waals surface area contributed by atoms with Crippen LogP contribution < -0.4 is 5.32 Å². The van der Waals surface area contributed by atoms with Crippen LogP contribution in [-0.2, 0) is 0 Å². The van der Waals surface area contributed by atoms with Gasteiger partial charge in [-0.05, 0) is 33.1 Å². The molecule has 1 atom stereocenters. The molecule has 3 heteroatoms. The number of aryl methyl sites for hydroxylation is 1. The molecule has 1 unspecified atom stereocenters. The van der Waals surface area contributed by atoms with Crippen LogP contribution in [0.15, 0.2) is 6.20 Å². The van der Waals surface area contributed by atoms with Crippen molar-refractivity contribution in [1.82, 2.24) is 9.55 Å². The number of aromatic nitrogens is 2. The SMILES string of the molecule is Cc1cn(C(C)C)c(NC(C)C(C)(C)C)n1. The summed E-state index contributed by atoms with van der Waals surface area (Å²) >= 11 is 0. The van der Waals surface area contributed by atoms with Crippen LogP contribution in [0.5, 0.6) is 0 Å². The molecule has 16 heavy (non-hydrogen) atoms. The van der Waals surface area contributed by atoms with E-state index < -0.39 is 0 Å². The molecule has 1 N–H and O–H groups in total. The third-order valence-corrected chi connectivity index (χ3v) is 3.05. The van der Waals surface area contributed by atoms with Crippen molar-refractivity contribution in [3.8, 4) is 0 Å². The van der Waals surface area contributed by atoms with Crippen molar-refractivity contribution in [3.63, 3.8) is 0 Å². The van der Waals surface area contributed by atoms with Gasteiger partial charge in [0.1, 0.15) is 0 Å². The van der Waals surface area contributed by atoms with Gasteiger partial charge in [0.25, 0.3) is 0 Å². The highest BCUT2D eigenvalue weighted by Crippen LogP contribution is 2.24. The van der Waals surface area contributed by atoms with E-state index in [-0.39, 0.29) is 5.41 Å². The van der Waals surface area contributed by atoms with Crippen LogP contribution in [0.1, 0.15) is 53.3 Å². The predicted molar refractivity (Wildman–Crippen MR) is 69.9 cm³/mol. The van der Waals surface area contributed by atoms with Gasteiger partial charge in [0.15, 0.2) is 0 Å². The van der Waals surface area contributed by atoms with Gasteiger partial charge in [0, 0.05) is 18.3 Å². The van der Waals surface area contributed by atoms with Gasteiger partial charge in [-0.15, -0.1) is 0 Å². The predicted octanol–water partition coefficient (Wildman–Crippen LogP) is 3.62. The number of anilines is 1. The van der Waals surface area contributed by atoms with Gasteiger partial charge in [0.05, 0.1) is 5.69 Å². The molecule has 1 rings (SSSR count). The highest BCUT2D eigenvalue weighted by atomic mass is 15.2. The molecule has 0 aliphatic heterocycles. The standard InChI is InChI=1S/C13H25N3/c1-9(2)16-8-10(3)14-12(16)15-11(4)13(5,6)7/h8-9,11H,1-7H3,(H,14,15). The first-order valence-electron chi connectivity index (χ1n) is 6.04. The largest absolute Gasteiger partial charge is 0.353 e. The molecule has 0 amide bonds. The highest BCUT2D eigenvalue weighted by Gasteiger charge is 2.21. The van der Waals surface area contributed by atoms with E-state index in [2.05, 4.69) is 62.6 Å². The topological polar surface area (TPSA) is 29.9 Å². The second-order valence-electron chi connectivity index (χ2n) is 5.94. The first-order valence-corrected chi connectivity index (χ1v) is 6.04. The third kappa shape index (κ3) is 3.00. The van der Waals surface area contributed by atoms with Crippen molar-refractivity contribution in [2.75, 3.05) is 5.32 Å². The molecule has 0 radical (unpaired) electrons. The van der Waals surface area contributed by atoms with Gasteiger partial charge in [0.2, 0.25) is 5.95 Å². The fraction of sp³-hybridized carbons (Fsp3) is 0.769. The van der Waals surface area contributed by atoms with Gasteiger partial charge in [-0.25, -0.2) is 4.98 Å². The monoisotopic (exact) mass is 223 g/mol. The zero-order valence-corrected chi connectivity index (χ0v) is 11.6. The molecular formula is C13H25N3. The fourth-order valence-electron chi connectivity index (χ4n) is 1.43. The minimum absolute atomic E-state index is 0.238. The Kier molecular flexibility index (Phi) is 3.66. The number of nitrogens with zero attached hydrogens (tertiary/aromatic N) is 2. The minimum atomic E-state index is 0.238. The Labute approximate surface area is 99.3 Å². The lowest BCUT2D eigenvalue weighted by Crippen LogP contribution is -2.32. The highest BCUT2D eigenvalue weighted by molar-refractivity contribution is 5.31. The van der Waals surface area contributed by atoms with E-state index in [0.717, 1.165) is 11.6 Å². The van der Waals surface area contributed by atoms with E-state index in [9.17, 15) is 0 Å². The van der Waals surface area contributed by atoms with Crippen LogP contribution in [0.3, 0.4) is 0 Å². The summed E-state index contributed by atoms with van der Waals surface area (Å²) in [7, 11) is 0. The van der Waals surface area contributed by atoms with Crippen LogP contribution in [0.4, 0.5) is 5.95 Å². The van der Waals surface area contributed by atoms with Crippen LogP contribution in [0.25, 0.3) is 0 Å². The summed E-state index contributed by atoms with van der Waals surface area (Å²) in [5.41, 5.74) is 1.30. The molecule has 0 aromatic carbocycles. The summed E-state index contributed by atoms with van der Waals surface area (Å²) in [6.07, 6.45) is 2.10. The number of nitrogens with one attached hydrogen (secondary N) is 1. The Balaban J connectivity index is 2.89. The Morgan fingerprint density at radius 1 is 1.25 bits per heavy atom. The molecular weight excluding hydrogens is 198 g/mol. The van der Waals surface area contributed by atoms with E-state index in [0.29, 0.717) is 12.1 Å². The first-order chi connectivity index (χ1) is 7.21. The van der Waals surface area contributed by atoms with Crippen molar-refractivity contribution < 1.29 is 0 Å². The molecule has 0 spiro atoms. The van der Waals surface area contributed by atoms with Crippen LogP contribution in [0.2, 0.25) is 0 Å². The average molecular weight is 223 g/mol. The zero-order chi connectivity index (χ0) is 12.5. The van der Waals surface area contributed by atoms with Crippen molar-refractivity contribution >= 4 is 5.95 Å². The second kappa shape index (κ2) is 4.48. The Hall–Kier alpha value is -0.990. The zero-order valence-electron chi connectivity index (χ0n) is 11.6. The normalized spacial score (nSPS) is 14.2. The van der Waals surface area contributed by atoms with E-state index in [1.54, 1.807) is 0 Å². The van der Waals surface area contributed by atoms with E-state index in [1.807, 2.05) is 6.92 Å². The summed E-state index contributed by atoms with van der Waals surface area (Å²) in [5, 5.41) is 3.50. The number of rotatable bonds is 3. The fourth-order valence-corrected chi connectivity index (χ4v) is 1.43. The maximum Gasteiger partial charge on any atom is 0.203 e. The second-order valence-corrected chi connectivity index (χ2v) is 5.94. The maximum absolute atomic E-state index is 4.54. The van der Waals surface area contributed by atoms with Gasteiger partial charge in [-0.2, -0.15) is 0 Å². The lowest BCUT2D eigenvalue weighted by Gasteiger charge is -2.29. The van der Waals surface area contributed by atoms with Crippen molar-refractivity contribution in [1.29, 1.82) is 0 Å². The number of hydrogen-bond acceptors (Lipinski definition) is 2. The Morgan fingerprint density at radius 2 is 1.81 bits per heavy atom. The van der Waals surface area contributed by atoms with Gasteiger partial charge >= 0.3 is 0 Å².